The first-order chi connectivity index (χ1) is 11.2. The summed E-state index contributed by atoms with van der Waals surface area (Å²) in [6.45, 7) is 1.40. The molecule has 1 aromatic carbocycles. The number of amides is 1. The number of hydrogen-bond acceptors (Lipinski definition) is 4. The van der Waals surface area contributed by atoms with E-state index >= 15 is 0 Å². The predicted octanol–water partition coefficient (Wildman–Crippen LogP) is 1.18. The number of nitrogens with zero attached hydrogens (tertiary/aromatic N) is 3. The van der Waals surface area contributed by atoms with Gasteiger partial charge in [0, 0.05) is 11.9 Å². The summed E-state index contributed by atoms with van der Waals surface area (Å²) >= 11 is 0. The Morgan fingerprint density at radius 1 is 1.30 bits per heavy atom. The summed E-state index contributed by atoms with van der Waals surface area (Å²) in [4.78, 5) is 26.6. The molecule has 2 aliphatic rings. The lowest BCUT2D eigenvalue weighted by atomic mass is 10.1. The second kappa shape index (κ2) is 5.77. The van der Waals surface area contributed by atoms with Gasteiger partial charge in [0.2, 0.25) is 11.3 Å². The Morgan fingerprint density at radius 2 is 2.17 bits per heavy atom. The zero-order valence-electron chi connectivity index (χ0n) is 12.9. The van der Waals surface area contributed by atoms with Crippen molar-refractivity contribution in [1.29, 1.82) is 0 Å². The number of morpholine rings is 1. The Bertz CT molecular complexity index is 801. The molecule has 6 nitrogen and oxygen atoms in total. The molecule has 0 N–H and O–H groups in total. The minimum Gasteiger partial charge on any atom is -0.374 e. The zero-order chi connectivity index (χ0) is 15.8. The van der Waals surface area contributed by atoms with Crippen LogP contribution in [-0.2, 0) is 16.1 Å². The third-order valence-electron chi connectivity index (χ3n) is 4.85. The van der Waals surface area contributed by atoms with Crippen molar-refractivity contribution >= 4 is 16.8 Å². The van der Waals surface area contributed by atoms with E-state index in [0.717, 1.165) is 19.3 Å². The molecular formula is C17H19N3O3. The van der Waals surface area contributed by atoms with Crippen molar-refractivity contribution in [2.24, 2.45) is 0 Å². The van der Waals surface area contributed by atoms with E-state index < -0.39 is 0 Å². The van der Waals surface area contributed by atoms with Crippen molar-refractivity contribution < 1.29 is 9.53 Å². The third-order valence-corrected chi connectivity index (χ3v) is 4.85. The molecule has 2 fully saturated rings. The lowest BCUT2D eigenvalue weighted by molar-refractivity contribution is -0.144. The standard InChI is InChI=1S/C17H19N3O3/c21-15-10-18-20(13-5-2-1-4-12(13)15)11-17(22)19-8-9-23-16-7-3-6-14(16)19/h1-2,4-5,10,14,16H,3,6-9,11H2/t14-,16-/m1/s1. The van der Waals surface area contributed by atoms with E-state index in [4.69, 9.17) is 4.74 Å². The van der Waals surface area contributed by atoms with Gasteiger partial charge in [-0.1, -0.05) is 12.1 Å². The summed E-state index contributed by atoms with van der Waals surface area (Å²) in [6, 6.07) is 7.46. The largest absolute Gasteiger partial charge is 0.374 e. The van der Waals surface area contributed by atoms with E-state index in [9.17, 15) is 9.59 Å². The molecule has 0 unspecified atom stereocenters. The first-order valence-corrected chi connectivity index (χ1v) is 8.10. The molecule has 4 rings (SSSR count). The number of ether oxygens (including phenoxy) is 1. The maximum absolute atomic E-state index is 12.8. The number of rotatable bonds is 2. The summed E-state index contributed by atoms with van der Waals surface area (Å²) in [5, 5.41) is 4.75. The normalized spacial score (nSPS) is 23.9. The maximum Gasteiger partial charge on any atom is 0.244 e. The summed E-state index contributed by atoms with van der Waals surface area (Å²) in [5.41, 5.74) is 0.580. The molecule has 2 atom stereocenters. The number of carbonyl (C=O) groups is 1. The molecule has 2 heterocycles. The molecule has 6 heteroatoms. The van der Waals surface area contributed by atoms with Crippen molar-refractivity contribution in [3.8, 4) is 0 Å². The molecular weight excluding hydrogens is 294 g/mol. The van der Waals surface area contributed by atoms with Crippen LogP contribution in [0.3, 0.4) is 0 Å². The van der Waals surface area contributed by atoms with Crippen LogP contribution in [0.1, 0.15) is 19.3 Å². The Balaban J connectivity index is 1.62. The van der Waals surface area contributed by atoms with Crippen LogP contribution in [0.5, 0.6) is 0 Å². The van der Waals surface area contributed by atoms with Crippen LogP contribution in [0.15, 0.2) is 35.3 Å². The Kier molecular flexibility index (Phi) is 3.61. The van der Waals surface area contributed by atoms with E-state index in [1.54, 1.807) is 10.7 Å². The Labute approximate surface area is 133 Å². The second-order valence-corrected chi connectivity index (χ2v) is 6.18. The highest BCUT2D eigenvalue weighted by Crippen LogP contribution is 2.29. The number of hydrogen-bond donors (Lipinski definition) is 0. The molecule has 23 heavy (non-hydrogen) atoms. The van der Waals surface area contributed by atoms with Gasteiger partial charge >= 0.3 is 0 Å². The van der Waals surface area contributed by atoms with Gasteiger partial charge in [0.25, 0.3) is 0 Å². The number of benzene rings is 1. The van der Waals surface area contributed by atoms with Gasteiger partial charge < -0.3 is 9.64 Å². The van der Waals surface area contributed by atoms with Gasteiger partial charge in [0.1, 0.15) is 6.54 Å². The number of carbonyl (C=O) groups excluding carboxylic acids is 1. The average molecular weight is 313 g/mol. The molecule has 1 saturated heterocycles. The first kappa shape index (κ1) is 14.4. The highest BCUT2D eigenvalue weighted by molar-refractivity contribution is 5.81. The lowest BCUT2D eigenvalue weighted by Gasteiger charge is -2.37. The minimum absolute atomic E-state index is 0.0477. The average Bonchev–Trinajstić information content (AvgIpc) is 3.06. The van der Waals surface area contributed by atoms with Crippen LogP contribution in [0.25, 0.3) is 10.9 Å². The van der Waals surface area contributed by atoms with Gasteiger partial charge in [-0.15, -0.1) is 0 Å². The number of fused-ring (bicyclic) bond motifs is 2. The van der Waals surface area contributed by atoms with Crippen molar-refractivity contribution in [1.82, 2.24) is 14.7 Å². The SMILES string of the molecule is O=C(Cn1ncc(=O)c2ccccc21)N1CCO[C@@H]2CCC[C@H]21. The van der Waals surface area contributed by atoms with Crippen molar-refractivity contribution in [2.75, 3.05) is 13.2 Å². The van der Waals surface area contributed by atoms with Crippen LogP contribution in [0.2, 0.25) is 0 Å². The van der Waals surface area contributed by atoms with E-state index in [1.807, 2.05) is 23.1 Å². The van der Waals surface area contributed by atoms with E-state index in [-0.39, 0.29) is 30.0 Å². The molecule has 0 spiro atoms. The van der Waals surface area contributed by atoms with Gasteiger partial charge in [-0.25, -0.2) is 0 Å². The highest BCUT2D eigenvalue weighted by atomic mass is 16.5. The maximum atomic E-state index is 12.8. The molecule has 1 aliphatic carbocycles. The summed E-state index contributed by atoms with van der Waals surface area (Å²) < 4.78 is 7.38. The van der Waals surface area contributed by atoms with Crippen LogP contribution in [-0.4, -0.2) is 45.9 Å². The zero-order valence-corrected chi connectivity index (χ0v) is 12.9. The monoisotopic (exact) mass is 313 g/mol. The Morgan fingerprint density at radius 3 is 3.09 bits per heavy atom. The number of aromatic nitrogens is 2. The fourth-order valence-electron chi connectivity index (χ4n) is 3.74. The van der Waals surface area contributed by atoms with Crippen LogP contribution in [0.4, 0.5) is 0 Å². The minimum atomic E-state index is -0.119. The van der Waals surface area contributed by atoms with Crippen LogP contribution in [0, 0.1) is 0 Å². The third kappa shape index (κ3) is 2.53. The first-order valence-electron chi connectivity index (χ1n) is 8.10. The topological polar surface area (TPSA) is 64.4 Å². The summed E-state index contributed by atoms with van der Waals surface area (Å²) in [5.74, 6) is 0.0477. The molecule has 1 amide bonds. The number of para-hydroxylation sites is 1. The van der Waals surface area contributed by atoms with Crippen molar-refractivity contribution in [3.63, 3.8) is 0 Å². The van der Waals surface area contributed by atoms with Crippen molar-refractivity contribution in [2.45, 2.75) is 38.0 Å². The fourth-order valence-corrected chi connectivity index (χ4v) is 3.74. The molecule has 0 bridgehead atoms. The highest BCUT2D eigenvalue weighted by Gasteiger charge is 2.38. The smallest absolute Gasteiger partial charge is 0.244 e. The molecule has 2 aromatic rings. The predicted molar refractivity (Wildman–Crippen MR) is 85.1 cm³/mol. The van der Waals surface area contributed by atoms with Gasteiger partial charge in [-0.2, -0.15) is 5.10 Å². The van der Waals surface area contributed by atoms with Gasteiger partial charge in [-0.3, -0.25) is 14.3 Å². The van der Waals surface area contributed by atoms with E-state index in [0.29, 0.717) is 24.1 Å². The molecule has 1 aliphatic heterocycles. The van der Waals surface area contributed by atoms with Crippen molar-refractivity contribution in [3.05, 3.63) is 40.7 Å². The van der Waals surface area contributed by atoms with Gasteiger partial charge in [0.15, 0.2) is 0 Å². The van der Waals surface area contributed by atoms with Gasteiger partial charge in [-0.05, 0) is 31.4 Å². The molecule has 1 saturated carbocycles. The quantitative estimate of drug-likeness (QED) is 0.835. The van der Waals surface area contributed by atoms with E-state index in [2.05, 4.69) is 5.10 Å². The fraction of sp³-hybridized carbons (Fsp3) is 0.471. The Hall–Kier alpha value is -2.21. The van der Waals surface area contributed by atoms with Crippen LogP contribution < -0.4 is 5.43 Å². The lowest BCUT2D eigenvalue weighted by Crippen LogP contribution is -2.52. The molecule has 1 aromatic heterocycles. The van der Waals surface area contributed by atoms with Crippen LogP contribution >= 0.6 is 0 Å². The summed E-state index contributed by atoms with van der Waals surface area (Å²) in [7, 11) is 0. The summed E-state index contributed by atoms with van der Waals surface area (Å²) in [6.07, 6.45) is 4.63. The van der Waals surface area contributed by atoms with E-state index in [1.165, 1.54) is 6.20 Å². The molecule has 0 radical (unpaired) electrons. The second-order valence-electron chi connectivity index (χ2n) is 6.18. The molecule has 120 valence electrons. The van der Waals surface area contributed by atoms with Gasteiger partial charge in [0.05, 0.1) is 30.5 Å².